The quantitative estimate of drug-likeness (QED) is 0.223. The zero-order chi connectivity index (χ0) is 30.7. The van der Waals surface area contributed by atoms with Crippen LogP contribution in [0.2, 0.25) is 0 Å². The van der Waals surface area contributed by atoms with Gasteiger partial charge in [0, 0.05) is 57.2 Å². The van der Waals surface area contributed by atoms with Crippen LogP contribution in [0.1, 0.15) is 124 Å². The summed E-state index contributed by atoms with van der Waals surface area (Å²) < 4.78 is 0. The van der Waals surface area contributed by atoms with Crippen LogP contribution in [0.15, 0.2) is 64.0 Å². The summed E-state index contributed by atoms with van der Waals surface area (Å²) in [6.45, 7) is 18.1. The molecular weight excluding hydrogens is 684 g/mol. The van der Waals surface area contributed by atoms with Crippen LogP contribution in [0.3, 0.4) is 0 Å². The van der Waals surface area contributed by atoms with Crippen LogP contribution in [-0.4, -0.2) is 22.4 Å². The number of aromatic nitrogens is 2. The zero-order valence-electron chi connectivity index (χ0n) is 28.3. The van der Waals surface area contributed by atoms with Gasteiger partial charge in [-0.05, 0) is 80.2 Å². The van der Waals surface area contributed by atoms with Gasteiger partial charge in [-0.15, -0.1) is 0 Å². The lowest BCUT2D eigenvalue weighted by Crippen LogP contribution is -3.00. The van der Waals surface area contributed by atoms with Gasteiger partial charge >= 0.3 is 0 Å². The third kappa shape index (κ3) is 6.92. The van der Waals surface area contributed by atoms with E-state index in [1.165, 1.54) is 84.3 Å². The van der Waals surface area contributed by atoms with E-state index in [2.05, 4.69) is 130 Å². The fraction of sp³-hybridized carbons (Fsp3) is 0.385. The minimum atomic E-state index is 0. The van der Waals surface area contributed by atoms with Crippen molar-refractivity contribution in [2.24, 2.45) is 0 Å². The van der Waals surface area contributed by atoms with Crippen molar-refractivity contribution in [1.82, 2.24) is 9.97 Å². The number of rotatable bonds is 11. The molecule has 0 saturated heterocycles. The Morgan fingerprint density at radius 1 is 0.600 bits per heavy atom. The first-order valence-electron chi connectivity index (χ1n) is 16.5. The molecule has 0 spiro atoms. The molecule has 2 aromatic heterocycles. The Balaban J connectivity index is 0.00000276. The van der Waals surface area contributed by atoms with E-state index in [9.17, 15) is 0 Å². The molecule has 5 rings (SSSR count). The Morgan fingerprint density at radius 2 is 1.02 bits per heavy atom. The maximum atomic E-state index is 3.97. The van der Waals surface area contributed by atoms with E-state index in [1.54, 1.807) is 0 Å². The molecule has 4 heterocycles. The van der Waals surface area contributed by atoms with E-state index >= 15 is 0 Å². The van der Waals surface area contributed by atoms with Crippen molar-refractivity contribution in [2.75, 3.05) is 0 Å². The Morgan fingerprint density at radius 3 is 1.38 bits per heavy atom. The van der Waals surface area contributed by atoms with E-state index < -0.39 is 0 Å². The van der Waals surface area contributed by atoms with Crippen LogP contribution in [0.4, 0.5) is 0 Å². The predicted octanol–water partition coefficient (Wildman–Crippen LogP) is 0.518. The maximum absolute atomic E-state index is 3.97. The SMILES string of the molecule is CCC1=C(CC)/C(=C/c2[nH]c(C(c3ccccc3)c3[nH]c(/C=C4\[NH+]=CC(CC)=C4CC)c(CC)c3C)c(C)c2CC)[NH+]=C1.[Br-].[Br-]. The number of benzene rings is 1. The summed E-state index contributed by atoms with van der Waals surface area (Å²) >= 11 is 0. The second kappa shape index (κ2) is 16.0. The predicted molar refractivity (Wildman–Crippen MR) is 182 cm³/mol. The average Bonchev–Trinajstić information content (AvgIpc) is 3.77. The summed E-state index contributed by atoms with van der Waals surface area (Å²) in [6.07, 6.45) is 15.2. The molecule has 0 unspecified atom stereocenters. The van der Waals surface area contributed by atoms with Gasteiger partial charge < -0.3 is 43.9 Å². The molecule has 3 aromatic rings. The van der Waals surface area contributed by atoms with E-state index in [-0.39, 0.29) is 39.9 Å². The van der Waals surface area contributed by atoms with E-state index in [4.69, 9.17) is 0 Å². The van der Waals surface area contributed by atoms with Crippen molar-refractivity contribution < 1.29 is 43.9 Å². The Labute approximate surface area is 291 Å². The highest BCUT2D eigenvalue weighted by Crippen LogP contribution is 2.39. The number of aromatic amines is 2. The fourth-order valence-corrected chi connectivity index (χ4v) is 7.25. The summed E-state index contributed by atoms with van der Waals surface area (Å²) in [5.74, 6) is 0.0714. The van der Waals surface area contributed by atoms with Gasteiger partial charge in [0.1, 0.15) is 0 Å². The lowest BCUT2D eigenvalue weighted by atomic mass is 9.87. The number of halogens is 2. The fourth-order valence-electron chi connectivity index (χ4n) is 7.25. The monoisotopic (exact) mass is 732 g/mol. The first kappa shape index (κ1) is 36.5. The first-order chi connectivity index (χ1) is 20.9. The maximum Gasteiger partial charge on any atom is 0.209 e. The molecule has 0 fully saturated rings. The van der Waals surface area contributed by atoms with Gasteiger partial charge in [0.2, 0.25) is 11.4 Å². The van der Waals surface area contributed by atoms with Crippen molar-refractivity contribution >= 4 is 24.6 Å². The Kier molecular flexibility index (Phi) is 13.0. The van der Waals surface area contributed by atoms with Crippen LogP contribution in [0.25, 0.3) is 12.2 Å². The summed E-state index contributed by atoms with van der Waals surface area (Å²) in [4.78, 5) is 15.1. The van der Waals surface area contributed by atoms with Crippen molar-refractivity contribution in [3.63, 3.8) is 0 Å². The average molecular weight is 735 g/mol. The van der Waals surface area contributed by atoms with Gasteiger partial charge in [0.25, 0.3) is 0 Å². The smallest absolute Gasteiger partial charge is 0.209 e. The van der Waals surface area contributed by atoms with E-state index in [0.717, 1.165) is 38.5 Å². The molecule has 0 atom stereocenters. The molecule has 4 nitrogen and oxygen atoms in total. The number of hydrogen-bond donors (Lipinski definition) is 4. The minimum Gasteiger partial charge on any atom is -1.00 e. The third-order valence-electron chi connectivity index (χ3n) is 9.60. The Bertz CT molecular complexity index is 1580. The van der Waals surface area contributed by atoms with Gasteiger partial charge in [0.05, 0.1) is 5.92 Å². The molecule has 6 heteroatoms. The van der Waals surface area contributed by atoms with Crippen LogP contribution in [0, 0.1) is 13.8 Å². The van der Waals surface area contributed by atoms with Gasteiger partial charge in [-0.1, -0.05) is 71.9 Å². The standard InChI is InChI=1S/C39H48N4.2BrH/c1-9-26-22-40-33(31(26)13-5)20-35-29(11-3)24(7)38(42-35)37(28-18-16-15-17-19-28)39-25(8)30(12-4)36(43-39)21-34-32(14-6)27(10-2)23-41-34;;/h15-23,37,42-43H,9-14H2,1-8H3;2*1H/b33-20-,34-21-;;. The largest absolute Gasteiger partial charge is 1.00 e. The van der Waals surface area contributed by atoms with Crippen LogP contribution in [-0.2, 0) is 12.8 Å². The topological polar surface area (TPSA) is 59.5 Å². The molecular formula is C39H50Br2N4. The molecule has 0 radical (unpaired) electrons. The zero-order valence-corrected chi connectivity index (χ0v) is 31.4. The molecule has 0 saturated carbocycles. The summed E-state index contributed by atoms with van der Waals surface area (Å²) in [5.41, 5.74) is 19.9. The van der Waals surface area contributed by atoms with Crippen molar-refractivity contribution in [1.29, 1.82) is 0 Å². The second-order valence-electron chi connectivity index (χ2n) is 11.8. The Hall–Kier alpha value is -2.96. The molecule has 0 amide bonds. The van der Waals surface area contributed by atoms with Crippen molar-refractivity contribution in [3.05, 3.63) is 115 Å². The highest BCUT2D eigenvalue weighted by molar-refractivity contribution is 5.82. The number of H-pyrrole nitrogens is 2. The third-order valence-corrected chi connectivity index (χ3v) is 9.60. The van der Waals surface area contributed by atoms with Gasteiger partial charge in [-0.3, -0.25) is 0 Å². The minimum absolute atomic E-state index is 0. The molecule has 1 aromatic carbocycles. The number of allylic oxidation sites excluding steroid dienone is 4. The molecule has 0 bridgehead atoms. The molecule has 2 aliphatic rings. The lowest BCUT2D eigenvalue weighted by molar-refractivity contribution is -0.381. The second-order valence-corrected chi connectivity index (χ2v) is 11.8. The molecule has 2 aliphatic heterocycles. The molecule has 45 heavy (non-hydrogen) atoms. The lowest BCUT2D eigenvalue weighted by Gasteiger charge is -2.19. The van der Waals surface area contributed by atoms with Crippen molar-refractivity contribution in [3.8, 4) is 0 Å². The molecule has 0 aliphatic carbocycles. The summed E-state index contributed by atoms with van der Waals surface area (Å²) in [7, 11) is 0. The summed E-state index contributed by atoms with van der Waals surface area (Å²) in [5, 5.41) is 0. The first-order valence-corrected chi connectivity index (χ1v) is 16.5. The number of nitrogens with one attached hydrogen (secondary N) is 4. The molecule has 4 N–H and O–H groups in total. The number of hydrogen-bond acceptors (Lipinski definition) is 0. The summed E-state index contributed by atoms with van der Waals surface area (Å²) in [6, 6.07) is 11.0. The van der Waals surface area contributed by atoms with Gasteiger partial charge in [0.15, 0.2) is 12.4 Å². The van der Waals surface area contributed by atoms with Crippen LogP contribution < -0.4 is 43.9 Å². The van der Waals surface area contributed by atoms with Crippen LogP contribution >= 0.6 is 0 Å². The van der Waals surface area contributed by atoms with E-state index in [1.807, 2.05) is 0 Å². The van der Waals surface area contributed by atoms with Crippen LogP contribution in [0.5, 0.6) is 0 Å². The molecule has 240 valence electrons. The van der Waals surface area contributed by atoms with Gasteiger partial charge in [-0.2, -0.15) is 0 Å². The van der Waals surface area contributed by atoms with Gasteiger partial charge in [-0.25, -0.2) is 9.98 Å². The highest BCUT2D eigenvalue weighted by Gasteiger charge is 2.29. The van der Waals surface area contributed by atoms with E-state index in [0.29, 0.717) is 0 Å². The normalized spacial score (nSPS) is 16.7. The van der Waals surface area contributed by atoms with Crippen molar-refractivity contribution in [2.45, 2.75) is 99.8 Å². The highest BCUT2D eigenvalue weighted by atomic mass is 79.9.